The lowest BCUT2D eigenvalue weighted by Gasteiger charge is -2.36. The molecule has 0 bridgehead atoms. The van der Waals surface area contributed by atoms with Gasteiger partial charge in [0.15, 0.2) is 0 Å². The van der Waals surface area contributed by atoms with E-state index in [-0.39, 0.29) is 39.0 Å². The maximum absolute atomic E-state index is 14.9. The summed E-state index contributed by atoms with van der Waals surface area (Å²) < 4.78 is 22.5. The number of hydrogen-bond acceptors (Lipinski definition) is 3. The molecule has 5 nitrogen and oxygen atoms in total. The third-order valence-corrected chi connectivity index (χ3v) is 7.32. The number of benzene rings is 1. The van der Waals surface area contributed by atoms with Crippen molar-refractivity contribution < 1.29 is 13.9 Å². The Hall–Kier alpha value is -1.63. The lowest BCUT2D eigenvalue weighted by molar-refractivity contribution is -0.126. The highest BCUT2D eigenvalue weighted by molar-refractivity contribution is 6.42. The summed E-state index contributed by atoms with van der Waals surface area (Å²) in [7, 11) is 0. The molecule has 1 aliphatic heterocycles. The molecule has 0 radical (unpaired) electrons. The number of nitrogens with one attached hydrogen (secondary N) is 1. The normalized spacial score (nSPS) is 24.1. The van der Waals surface area contributed by atoms with Crippen LogP contribution in [0.4, 0.5) is 4.39 Å². The summed E-state index contributed by atoms with van der Waals surface area (Å²) >= 11 is 12.6. The monoisotopic (exact) mass is 453 g/mol. The van der Waals surface area contributed by atoms with Crippen LogP contribution in [-0.2, 0) is 16.1 Å². The van der Waals surface area contributed by atoms with Crippen LogP contribution < -0.4 is 5.32 Å². The summed E-state index contributed by atoms with van der Waals surface area (Å²) in [5.41, 5.74) is 0.00702. The van der Waals surface area contributed by atoms with Crippen molar-refractivity contribution in [2.75, 3.05) is 6.61 Å². The molecule has 2 fully saturated rings. The van der Waals surface area contributed by atoms with E-state index in [0.29, 0.717) is 19.6 Å². The molecule has 2 heterocycles. The first-order valence-corrected chi connectivity index (χ1v) is 11.2. The van der Waals surface area contributed by atoms with Crippen molar-refractivity contribution in [3.63, 3.8) is 0 Å². The van der Waals surface area contributed by atoms with Gasteiger partial charge >= 0.3 is 0 Å². The van der Waals surface area contributed by atoms with E-state index >= 15 is 0 Å². The zero-order valence-electron chi connectivity index (χ0n) is 16.9. The first-order valence-electron chi connectivity index (χ1n) is 10.4. The highest BCUT2D eigenvalue weighted by Crippen LogP contribution is 2.50. The molecular weight excluding hydrogens is 428 g/mol. The number of carbonyl (C=O) groups is 1. The van der Waals surface area contributed by atoms with Gasteiger partial charge in [0.25, 0.3) is 0 Å². The van der Waals surface area contributed by atoms with Crippen molar-refractivity contribution in [2.45, 2.75) is 57.7 Å². The van der Waals surface area contributed by atoms with E-state index in [0.717, 1.165) is 25.7 Å². The molecule has 1 aliphatic carbocycles. The minimum absolute atomic E-state index is 0.0762. The molecule has 0 spiro atoms. The van der Waals surface area contributed by atoms with E-state index in [1.54, 1.807) is 10.9 Å². The maximum Gasteiger partial charge on any atom is 0.226 e. The summed E-state index contributed by atoms with van der Waals surface area (Å²) in [5.74, 6) is -0.868. The Balaban J connectivity index is 1.53. The van der Waals surface area contributed by atoms with Crippen LogP contribution in [-0.4, -0.2) is 28.4 Å². The highest BCUT2D eigenvalue weighted by Gasteiger charge is 2.43. The van der Waals surface area contributed by atoms with E-state index < -0.39 is 11.9 Å². The molecule has 1 aromatic heterocycles. The van der Waals surface area contributed by atoms with Crippen LogP contribution in [0.3, 0.4) is 0 Å². The van der Waals surface area contributed by atoms with Crippen molar-refractivity contribution >= 4 is 29.1 Å². The summed E-state index contributed by atoms with van der Waals surface area (Å²) in [6.07, 6.45) is 7.98. The van der Waals surface area contributed by atoms with E-state index in [1.807, 2.05) is 12.3 Å². The van der Waals surface area contributed by atoms with E-state index in [2.05, 4.69) is 17.3 Å². The summed E-state index contributed by atoms with van der Waals surface area (Å²) in [4.78, 5) is 13.2. The summed E-state index contributed by atoms with van der Waals surface area (Å²) in [5, 5.41) is 7.78. The molecule has 1 saturated heterocycles. The Morgan fingerprint density at radius 2 is 2.17 bits per heavy atom. The zero-order valence-corrected chi connectivity index (χ0v) is 18.4. The minimum atomic E-state index is -0.538. The molecule has 162 valence electrons. The molecule has 1 aromatic carbocycles. The minimum Gasteiger partial charge on any atom is -0.375 e. The van der Waals surface area contributed by atoms with Gasteiger partial charge < -0.3 is 10.1 Å². The van der Waals surface area contributed by atoms with Gasteiger partial charge in [0.05, 0.1) is 41.3 Å². The number of rotatable bonds is 6. The molecule has 30 heavy (non-hydrogen) atoms. The number of nitrogens with zero attached hydrogens (tertiary/aromatic N) is 2. The molecule has 4 rings (SSSR count). The van der Waals surface area contributed by atoms with Crippen LogP contribution in [0.1, 0.15) is 50.6 Å². The molecule has 2 aromatic rings. The Kier molecular flexibility index (Phi) is 6.37. The predicted octanol–water partition coefficient (Wildman–Crippen LogP) is 5.17. The summed E-state index contributed by atoms with van der Waals surface area (Å²) in [6, 6.07) is 4.09. The van der Waals surface area contributed by atoms with Gasteiger partial charge in [0.1, 0.15) is 5.82 Å². The average Bonchev–Trinajstić information content (AvgIpc) is 3.47. The molecule has 3 unspecified atom stereocenters. The van der Waals surface area contributed by atoms with Crippen molar-refractivity contribution in [3.8, 4) is 0 Å². The van der Waals surface area contributed by atoms with Crippen molar-refractivity contribution in [2.24, 2.45) is 11.3 Å². The second-order valence-corrected chi connectivity index (χ2v) is 9.46. The molecule has 1 amide bonds. The van der Waals surface area contributed by atoms with Crippen LogP contribution in [0.5, 0.6) is 0 Å². The molecular formula is C22H26Cl2FN3O2. The van der Waals surface area contributed by atoms with Crippen LogP contribution in [0, 0.1) is 17.2 Å². The van der Waals surface area contributed by atoms with Gasteiger partial charge in [-0.25, -0.2) is 4.39 Å². The van der Waals surface area contributed by atoms with Gasteiger partial charge in [-0.15, -0.1) is 0 Å². The number of hydrogen-bond donors (Lipinski definition) is 1. The highest BCUT2D eigenvalue weighted by atomic mass is 35.5. The third kappa shape index (κ3) is 4.36. The Morgan fingerprint density at radius 3 is 2.87 bits per heavy atom. The van der Waals surface area contributed by atoms with E-state index in [4.69, 9.17) is 27.9 Å². The predicted molar refractivity (Wildman–Crippen MR) is 114 cm³/mol. The summed E-state index contributed by atoms with van der Waals surface area (Å²) in [6.45, 7) is 3.03. The third-order valence-electron chi connectivity index (χ3n) is 6.50. The van der Waals surface area contributed by atoms with Crippen LogP contribution in [0.2, 0.25) is 10.0 Å². The number of amides is 1. The van der Waals surface area contributed by atoms with Crippen molar-refractivity contribution in [1.82, 2.24) is 15.1 Å². The quantitative estimate of drug-likeness (QED) is 0.613. The lowest BCUT2D eigenvalue weighted by atomic mass is 9.76. The van der Waals surface area contributed by atoms with Gasteiger partial charge in [-0.2, -0.15) is 5.10 Å². The fourth-order valence-electron chi connectivity index (χ4n) is 4.77. The Morgan fingerprint density at radius 1 is 1.40 bits per heavy atom. The fraction of sp³-hybridized carbons (Fsp3) is 0.545. The number of halogens is 3. The molecule has 2 aliphatic rings. The zero-order chi connectivity index (χ0) is 21.3. The smallest absolute Gasteiger partial charge is 0.226 e. The van der Waals surface area contributed by atoms with Gasteiger partial charge in [-0.1, -0.05) is 43.0 Å². The maximum atomic E-state index is 14.9. The number of aromatic nitrogens is 2. The van der Waals surface area contributed by atoms with Crippen molar-refractivity contribution in [1.29, 1.82) is 0 Å². The first kappa shape index (κ1) is 21.6. The Bertz CT molecular complexity index is 900. The van der Waals surface area contributed by atoms with Crippen LogP contribution in [0.25, 0.3) is 0 Å². The standard InChI is InChI=1S/C22H26Cl2FN3O2/c1-22(7-2-3-8-22)20(18-17(25)6-5-16(23)19(18)24)27-21(29)14-11-15(30-13-14)12-28-10-4-9-26-28/h4-6,9-10,14-15,20H,2-3,7-8,11-13H2,1H3,(H,27,29). The van der Waals surface area contributed by atoms with Crippen LogP contribution >= 0.6 is 23.2 Å². The topological polar surface area (TPSA) is 56.1 Å². The van der Waals surface area contributed by atoms with Gasteiger partial charge in [-0.05, 0) is 42.9 Å². The molecule has 8 heteroatoms. The van der Waals surface area contributed by atoms with Crippen LogP contribution in [0.15, 0.2) is 30.6 Å². The van der Waals surface area contributed by atoms with Crippen molar-refractivity contribution in [3.05, 3.63) is 52.0 Å². The second-order valence-electron chi connectivity index (χ2n) is 8.68. The van der Waals surface area contributed by atoms with Gasteiger partial charge in [0.2, 0.25) is 5.91 Å². The SMILES string of the molecule is CC1(C(NC(=O)C2COC(Cn3cccn3)C2)c2c(F)ccc(Cl)c2Cl)CCCC1. The van der Waals surface area contributed by atoms with E-state index in [1.165, 1.54) is 12.1 Å². The second kappa shape index (κ2) is 8.85. The lowest BCUT2D eigenvalue weighted by Crippen LogP contribution is -2.42. The molecule has 1 saturated carbocycles. The largest absolute Gasteiger partial charge is 0.375 e. The fourth-order valence-corrected chi connectivity index (χ4v) is 5.19. The number of carbonyl (C=O) groups excluding carboxylic acids is 1. The number of ether oxygens (including phenoxy) is 1. The molecule has 1 N–H and O–H groups in total. The molecule has 3 atom stereocenters. The first-order chi connectivity index (χ1) is 14.4. The van der Waals surface area contributed by atoms with Gasteiger partial charge in [-0.3, -0.25) is 9.48 Å². The van der Waals surface area contributed by atoms with Gasteiger partial charge in [0, 0.05) is 18.0 Å². The average molecular weight is 454 g/mol. The van der Waals surface area contributed by atoms with E-state index in [9.17, 15) is 9.18 Å². The Labute approximate surface area is 185 Å².